The number of hydrogen-bond acceptors (Lipinski definition) is 3. The lowest BCUT2D eigenvalue weighted by molar-refractivity contribution is 0.102. The minimum absolute atomic E-state index is 0.177. The maximum absolute atomic E-state index is 12.6. The molecule has 0 aliphatic rings. The van der Waals surface area contributed by atoms with Crippen LogP contribution in [-0.2, 0) is 0 Å². The van der Waals surface area contributed by atoms with Crippen molar-refractivity contribution in [3.63, 3.8) is 0 Å². The topological polar surface area (TPSA) is 70.7 Å². The third-order valence-corrected chi connectivity index (χ3v) is 3.55. The van der Waals surface area contributed by atoms with Crippen molar-refractivity contribution in [3.05, 3.63) is 53.3 Å². The van der Waals surface area contributed by atoms with Crippen molar-refractivity contribution in [3.8, 4) is 0 Å². The third kappa shape index (κ3) is 2.70. The zero-order valence-corrected chi connectivity index (χ0v) is 12.8. The summed E-state index contributed by atoms with van der Waals surface area (Å²) in [6.07, 6.45) is 0. The smallest absolute Gasteiger partial charge is 0.257 e. The van der Waals surface area contributed by atoms with Crippen LogP contribution in [0.25, 0.3) is 10.9 Å². The van der Waals surface area contributed by atoms with Gasteiger partial charge in [-0.05, 0) is 25.0 Å². The van der Waals surface area contributed by atoms with Gasteiger partial charge in [-0.2, -0.15) is 5.10 Å². The van der Waals surface area contributed by atoms with Crippen LogP contribution in [0.15, 0.2) is 36.4 Å². The largest absolute Gasteiger partial charge is 0.305 e. The lowest BCUT2D eigenvalue weighted by Crippen LogP contribution is -2.13. The van der Waals surface area contributed by atoms with E-state index in [-0.39, 0.29) is 5.91 Å². The maximum atomic E-state index is 12.6. The summed E-state index contributed by atoms with van der Waals surface area (Å²) in [5.41, 5.74) is 3.23. The second kappa shape index (κ2) is 5.60. The summed E-state index contributed by atoms with van der Waals surface area (Å²) in [5.74, 6) is 0.693. The summed E-state index contributed by atoms with van der Waals surface area (Å²) in [6.45, 7) is 6.02. The van der Waals surface area contributed by atoms with Crippen molar-refractivity contribution in [1.29, 1.82) is 0 Å². The molecule has 5 heteroatoms. The van der Waals surface area contributed by atoms with Crippen LogP contribution >= 0.6 is 0 Å². The Hall–Kier alpha value is -2.69. The van der Waals surface area contributed by atoms with E-state index >= 15 is 0 Å². The van der Waals surface area contributed by atoms with Gasteiger partial charge >= 0.3 is 0 Å². The predicted molar refractivity (Wildman–Crippen MR) is 87.1 cm³/mol. The number of aromatic nitrogens is 3. The molecule has 0 atom stereocenters. The molecule has 0 bridgehead atoms. The number of carbonyl (C=O) groups excluding carboxylic acids is 1. The molecule has 5 nitrogen and oxygen atoms in total. The number of hydrogen-bond donors (Lipinski definition) is 2. The van der Waals surface area contributed by atoms with Gasteiger partial charge in [-0.15, -0.1) is 0 Å². The van der Waals surface area contributed by atoms with Crippen molar-refractivity contribution >= 4 is 22.6 Å². The van der Waals surface area contributed by atoms with Crippen LogP contribution in [0.4, 0.5) is 5.82 Å². The molecule has 1 aromatic carbocycles. The monoisotopic (exact) mass is 294 g/mol. The van der Waals surface area contributed by atoms with E-state index in [1.807, 2.05) is 37.3 Å². The van der Waals surface area contributed by atoms with Gasteiger partial charge in [-0.25, -0.2) is 0 Å². The van der Waals surface area contributed by atoms with Crippen molar-refractivity contribution < 1.29 is 4.79 Å². The van der Waals surface area contributed by atoms with Gasteiger partial charge in [0.2, 0.25) is 0 Å². The number of pyridine rings is 1. The van der Waals surface area contributed by atoms with Crippen LogP contribution in [-0.4, -0.2) is 21.1 Å². The molecule has 0 unspecified atom stereocenters. The van der Waals surface area contributed by atoms with Crippen LogP contribution in [0, 0.1) is 6.92 Å². The molecule has 0 saturated carbocycles. The number of nitrogens with one attached hydrogen (secondary N) is 2. The molecule has 0 fully saturated rings. The lowest BCUT2D eigenvalue weighted by Gasteiger charge is -2.07. The normalized spacial score (nSPS) is 11.1. The Labute approximate surface area is 128 Å². The SMILES string of the molecule is Cc1cc(C(=O)Nc2cc(C(C)C)[nH]n2)c2ccccc2n1. The first-order chi connectivity index (χ1) is 10.5. The molecule has 3 rings (SSSR count). The molecule has 0 saturated heterocycles. The maximum Gasteiger partial charge on any atom is 0.257 e. The zero-order valence-electron chi connectivity index (χ0n) is 12.8. The Kier molecular flexibility index (Phi) is 3.63. The van der Waals surface area contributed by atoms with Crippen LogP contribution in [0.1, 0.15) is 41.5 Å². The molecule has 2 heterocycles. The molecule has 0 aliphatic carbocycles. The van der Waals surface area contributed by atoms with Crippen molar-refractivity contribution in [2.24, 2.45) is 0 Å². The van der Waals surface area contributed by atoms with E-state index in [2.05, 4.69) is 34.3 Å². The molecule has 0 aliphatic heterocycles. The van der Waals surface area contributed by atoms with E-state index < -0.39 is 0 Å². The van der Waals surface area contributed by atoms with Crippen LogP contribution in [0.3, 0.4) is 0 Å². The summed E-state index contributed by atoms with van der Waals surface area (Å²) in [6, 6.07) is 11.3. The third-order valence-electron chi connectivity index (χ3n) is 3.55. The first-order valence-electron chi connectivity index (χ1n) is 7.27. The number of aryl methyl sites for hydroxylation is 1. The second-order valence-corrected chi connectivity index (χ2v) is 5.65. The van der Waals surface area contributed by atoms with Gasteiger partial charge in [0.05, 0.1) is 11.1 Å². The van der Waals surface area contributed by atoms with Crippen molar-refractivity contribution in [2.75, 3.05) is 5.32 Å². The van der Waals surface area contributed by atoms with E-state index in [0.29, 0.717) is 17.3 Å². The zero-order chi connectivity index (χ0) is 15.7. The standard InChI is InChI=1S/C17H18N4O/c1-10(2)15-9-16(21-20-15)19-17(22)13-8-11(3)18-14-7-5-4-6-12(13)14/h4-10H,1-3H3,(H2,19,20,21,22). The highest BCUT2D eigenvalue weighted by molar-refractivity contribution is 6.12. The van der Waals surface area contributed by atoms with E-state index in [9.17, 15) is 4.79 Å². The average molecular weight is 294 g/mol. The van der Waals surface area contributed by atoms with Crippen LogP contribution in [0.2, 0.25) is 0 Å². The van der Waals surface area contributed by atoms with Gasteiger partial charge in [0.15, 0.2) is 5.82 Å². The molecule has 2 N–H and O–H groups in total. The Bertz CT molecular complexity index is 836. The fourth-order valence-corrected chi connectivity index (χ4v) is 2.38. The number of anilines is 1. The number of para-hydroxylation sites is 1. The molecule has 22 heavy (non-hydrogen) atoms. The predicted octanol–water partition coefficient (Wildman–Crippen LogP) is 3.64. The van der Waals surface area contributed by atoms with Crippen molar-refractivity contribution in [1.82, 2.24) is 15.2 Å². The van der Waals surface area contributed by atoms with Crippen LogP contribution < -0.4 is 5.32 Å². The van der Waals surface area contributed by atoms with Gasteiger partial charge < -0.3 is 5.32 Å². The van der Waals surface area contributed by atoms with Gasteiger partial charge in [0.1, 0.15) is 0 Å². The second-order valence-electron chi connectivity index (χ2n) is 5.65. The van der Waals surface area contributed by atoms with Gasteiger partial charge in [-0.1, -0.05) is 32.0 Å². The molecule has 0 spiro atoms. The quantitative estimate of drug-likeness (QED) is 0.774. The molecule has 3 aromatic rings. The Morgan fingerprint density at radius 3 is 2.73 bits per heavy atom. The number of carbonyl (C=O) groups is 1. The number of H-pyrrole nitrogens is 1. The van der Waals surface area contributed by atoms with Gasteiger partial charge in [0, 0.05) is 22.8 Å². The number of amides is 1. The minimum Gasteiger partial charge on any atom is -0.305 e. The highest BCUT2D eigenvalue weighted by atomic mass is 16.1. The summed E-state index contributed by atoms with van der Waals surface area (Å²) in [5, 5.41) is 10.7. The summed E-state index contributed by atoms with van der Waals surface area (Å²) in [4.78, 5) is 17.0. The first-order valence-corrected chi connectivity index (χ1v) is 7.27. The summed E-state index contributed by atoms with van der Waals surface area (Å²) >= 11 is 0. The minimum atomic E-state index is -0.177. The number of nitrogens with zero attached hydrogens (tertiary/aromatic N) is 2. The molecule has 1 amide bonds. The molecular weight excluding hydrogens is 276 g/mol. The Morgan fingerprint density at radius 2 is 2.00 bits per heavy atom. The van der Waals surface area contributed by atoms with E-state index in [1.165, 1.54) is 0 Å². The number of fused-ring (bicyclic) bond motifs is 1. The fraction of sp³-hybridized carbons (Fsp3) is 0.235. The van der Waals surface area contributed by atoms with E-state index in [1.54, 1.807) is 6.07 Å². The number of rotatable bonds is 3. The van der Waals surface area contributed by atoms with E-state index in [4.69, 9.17) is 0 Å². The highest BCUT2D eigenvalue weighted by Gasteiger charge is 2.14. The lowest BCUT2D eigenvalue weighted by atomic mass is 10.1. The Balaban J connectivity index is 1.94. The Morgan fingerprint density at radius 1 is 1.23 bits per heavy atom. The number of benzene rings is 1. The molecule has 2 aromatic heterocycles. The fourth-order valence-electron chi connectivity index (χ4n) is 2.38. The molecule has 0 radical (unpaired) electrons. The van der Waals surface area contributed by atoms with Crippen LogP contribution in [0.5, 0.6) is 0 Å². The summed E-state index contributed by atoms with van der Waals surface area (Å²) in [7, 11) is 0. The first kappa shape index (κ1) is 14.3. The summed E-state index contributed by atoms with van der Waals surface area (Å²) < 4.78 is 0. The molecular formula is C17H18N4O. The van der Waals surface area contributed by atoms with E-state index in [0.717, 1.165) is 22.3 Å². The van der Waals surface area contributed by atoms with Gasteiger partial charge in [-0.3, -0.25) is 14.9 Å². The van der Waals surface area contributed by atoms with Crippen molar-refractivity contribution in [2.45, 2.75) is 26.7 Å². The van der Waals surface area contributed by atoms with Gasteiger partial charge in [0.25, 0.3) is 5.91 Å². The molecule has 112 valence electrons. The highest BCUT2D eigenvalue weighted by Crippen LogP contribution is 2.20. The number of aromatic amines is 1. The average Bonchev–Trinajstić information content (AvgIpc) is 2.95.